The Morgan fingerprint density at radius 3 is 1.53 bits per heavy atom. The molecule has 0 saturated heterocycles. The van der Waals surface area contributed by atoms with Crippen molar-refractivity contribution in [3.8, 4) is 0 Å². The Morgan fingerprint density at radius 2 is 1.18 bits per heavy atom. The zero-order chi connectivity index (χ0) is 11.7. The minimum Gasteiger partial charge on any atom is -0.478 e. The monoisotopic (exact) mass is 296 g/mol. The summed E-state index contributed by atoms with van der Waals surface area (Å²) in [6.45, 7) is 0. The summed E-state index contributed by atoms with van der Waals surface area (Å²) in [5.41, 5.74) is 0.296. The van der Waals surface area contributed by atoms with E-state index in [-0.39, 0.29) is 28.1 Å². The second-order valence-corrected chi connectivity index (χ2v) is 3.39. The standard InChI is InChI=1S/C12H8O4.BrH/c13-11(14)8-3-1-7-2-4-9(12(15)16)6-10(7)5-8;/h1-6H,(H,13,14)(H,15,16);1H. The number of halogens is 1. The lowest BCUT2D eigenvalue weighted by atomic mass is 10.0. The van der Waals surface area contributed by atoms with E-state index in [4.69, 9.17) is 10.2 Å². The molecule has 0 fully saturated rings. The van der Waals surface area contributed by atoms with Gasteiger partial charge < -0.3 is 10.2 Å². The van der Waals surface area contributed by atoms with Crippen LogP contribution in [-0.2, 0) is 0 Å². The van der Waals surface area contributed by atoms with Gasteiger partial charge in [-0.15, -0.1) is 17.0 Å². The van der Waals surface area contributed by atoms with Crippen molar-refractivity contribution in [2.75, 3.05) is 0 Å². The predicted molar refractivity (Wildman–Crippen MR) is 68.2 cm³/mol. The predicted octanol–water partition coefficient (Wildman–Crippen LogP) is 2.81. The van der Waals surface area contributed by atoms with Crippen LogP contribution in [0.25, 0.3) is 10.8 Å². The third-order valence-corrected chi connectivity index (χ3v) is 2.33. The summed E-state index contributed by atoms with van der Waals surface area (Å²) in [6.07, 6.45) is 0. The van der Waals surface area contributed by atoms with Gasteiger partial charge in [0, 0.05) is 0 Å². The SMILES string of the molecule is Br.O=C(O)c1ccc2ccc(C(=O)O)cc2c1. The lowest BCUT2D eigenvalue weighted by Gasteiger charge is -2.01. The molecule has 0 radical (unpaired) electrons. The number of carbonyl (C=O) groups is 2. The van der Waals surface area contributed by atoms with E-state index in [9.17, 15) is 9.59 Å². The molecule has 0 spiro atoms. The molecule has 0 bridgehead atoms. The molecular formula is C12H9BrO4. The van der Waals surface area contributed by atoms with E-state index in [1.54, 1.807) is 12.1 Å². The molecule has 2 aromatic rings. The Labute approximate surface area is 107 Å². The Morgan fingerprint density at radius 1 is 0.765 bits per heavy atom. The van der Waals surface area contributed by atoms with Gasteiger partial charge in [-0.2, -0.15) is 0 Å². The molecule has 5 heteroatoms. The fourth-order valence-corrected chi connectivity index (χ4v) is 1.51. The normalized spacial score (nSPS) is 9.65. The van der Waals surface area contributed by atoms with Gasteiger partial charge in [-0.05, 0) is 35.0 Å². The second kappa shape index (κ2) is 4.97. The molecule has 2 rings (SSSR count). The topological polar surface area (TPSA) is 74.6 Å². The highest BCUT2D eigenvalue weighted by atomic mass is 79.9. The van der Waals surface area contributed by atoms with Crippen LogP contribution in [0.4, 0.5) is 0 Å². The molecule has 88 valence electrons. The highest BCUT2D eigenvalue weighted by Gasteiger charge is 2.06. The Kier molecular flexibility index (Phi) is 3.85. The maximum absolute atomic E-state index is 10.7. The van der Waals surface area contributed by atoms with Crippen LogP contribution >= 0.6 is 17.0 Å². The molecule has 17 heavy (non-hydrogen) atoms. The fraction of sp³-hybridized carbons (Fsp3) is 0. The fourth-order valence-electron chi connectivity index (χ4n) is 1.51. The van der Waals surface area contributed by atoms with Crippen LogP contribution in [0.1, 0.15) is 20.7 Å². The number of fused-ring (bicyclic) bond motifs is 1. The van der Waals surface area contributed by atoms with E-state index < -0.39 is 11.9 Å². The van der Waals surface area contributed by atoms with Crippen molar-refractivity contribution in [2.24, 2.45) is 0 Å². The average Bonchev–Trinajstić information content (AvgIpc) is 2.27. The molecule has 0 aliphatic heterocycles. The van der Waals surface area contributed by atoms with E-state index in [2.05, 4.69) is 0 Å². The molecule has 0 amide bonds. The smallest absolute Gasteiger partial charge is 0.335 e. The summed E-state index contributed by atoms with van der Waals surface area (Å²) in [5, 5.41) is 19.0. The molecule has 4 nitrogen and oxygen atoms in total. The maximum atomic E-state index is 10.7. The first kappa shape index (κ1) is 13.2. The first-order chi connectivity index (χ1) is 7.58. The number of hydrogen-bond acceptors (Lipinski definition) is 2. The van der Waals surface area contributed by atoms with E-state index in [1.807, 2.05) is 0 Å². The summed E-state index contributed by atoms with van der Waals surface area (Å²) in [7, 11) is 0. The van der Waals surface area contributed by atoms with Crippen LogP contribution in [0.2, 0.25) is 0 Å². The first-order valence-electron chi connectivity index (χ1n) is 4.58. The number of aromatic carboxylic acids is 2. The second-order valence-electron chi connectivity index (χ2n) is 3.39. The van der Waals surface area contributed by atoms with Crippen LogP contribution in [0.3, 0.4) is 0 Å². The molecule has 0 atom stereocenters. The van der Waals surface area contributed by atoms with Gasteiger partial charge in [0.05, 0.1) is 11.1 Å². The lowest BCUT2D eigenvalue weighted by molar-refractivity contribution is 0.0687. The van der Waals surface area contributed by atoms with Crippen molar-refractivity contribution in [2.45, 2.75) is 0 Å². The number of rotatable bonds is 2. The maximum Gasteiger partial charge on any atom is 0.335 e. The van der Waals surface area contributed by atoms with Gasteiger partial charge >= 0.3 is 11.9 Å². The van der Waals surface area contributed by atoms with E-state index >= 15 is 0 Å². The number of carboxylic acids is 2. The van der Waals surface area contributed by atoms with Gasteiger partial charge in [-0.1, -0.05) is 12.1 Å². The molecule has 0 saturated carbocycles. The molecule has 0 unspecified atom stereocenters. The van der Waals surface area contributed by atoms with Crippen molar-refractivity contribution >= 4 is 39.7 Å². The minimum absolute atomic E-state index is 0. The van der Waals surface area contributed by atoms with Crippen molar-refractivity contribution in [1.82, 2.24) is 0 Å². The van der Waals surface area contributed by atoms with Crippen molar-refractivity contribution in [1.29, 1.82) is 0 Å². The van der Waals surface area contributed by atoms with Crippen molar-refractivity contribution < 1.29 is 19.8 Å². The Bertz CT molecular complexity index is 543. The zero-order valence-corrected chi connectivity index (χ0v) is 10.3. The number of carboxylic acid groups (broad SMARTS) is 2. The van der Waals surface area contributed by atoms with Crippen molar-refractivity contribution in [3.63, 3.8) is 0 Å². The molecule has 2 N–H and O–H groups in total. The number of benzene rings is 2. The third-order valence-electron chi connectivity index (χ3n) is 2.33. The van der Waals surface area contributed by atoms with Crippen LogP contribution in [0, 0.1) is 0 Å². The van der Waals surface area contributed by atoms with E-state index in [0.29, 0.717) is 5.39 Å². The summed E-state index contributed by atoms with van der Waals surface area (Å²) in [5.74, 6) is -2.05. The minimum atomic E-state index is -1.03. The van der Waals surface area contributed by atoms with Gasteiger partial charge in [0.15, 0.2) is 0 Å². The quantitative estimate of drug-likeness (QED) is 0.893. The van der Waals surface area contributed by atoms with Gasteiger partial charge in [0.1, 0.15) is 0 Å². The third kappa shape index (κ3) is 2.62. The van der Waals surface area contributed by atoms with Crippen LogP contribution < -0.4 is 0 Å². The average molecular weight is 297 g/mol. The van der Waals surface area contributed by atoms with Crippen molar-refractivity contribution in [3.05, 3.63) is 47.5 Å². The molecular weight excluding hydrogens is 288 g/mol. The van der Waals surface area contributed by atoms with Gasteiger partial charge in [-0.25, -0.2) is 9.59 Å². The Hall–Kier alpha value is -1.88. The van der Waals surface area contributed by atoms with Gasteiger partial charge in [0.25, 0.3) is 0 Å². The summed E-state index contributed by atoms with van der Waals surface area (Å²) >= 11 is 0. The first-order valence-corrected chi connectivity index (χ1v) is 4.58. The highest BCUT2D eigenvalue weighted by molar-refractivity contribution is 8.93. The summed E-state index contributed by atoms with van der Waals surface area (Å²) in [6, 6.07) is 9.22. The summed E-state index contributed by atoms with van der Waals surface area (Å²) in [4.78, 5) is 21.5. The molecule has 0 aliphatic carbocycles. The van der Waals surface area contributed by atoms with Gasteiger partial charge in [-0.3, -0.25) is 0 Å². The van der Waals surface area contributed by atoms with Gasteiger partial charge in [0.2, 0.25) is 0 Å². The summed E-state index contributed by atoms with van der Waals surface area (Å²) < 4.78 is 0. The van der Waals surface area contributed by atoms with E-state index in [1.165, 1.54) is 24.3 Å². The molecule has 2 aromatic carbocycles. The van der Waals surface area contributed by atoms with Crippen LogP contribution in [0.15, 0.2) is 36.4 Å². The number of hydrogen-bond donors (Lipinski definition) is 2. The zero-order valence-electron chi connectivity index (χ0n) is 8.58. The Balaban J connectivity index is 0.00000144. The van der Waals surface area contributed by atoms with E-state index in [0.717, 1.165) is 5.39 Å². The van der Waals surface area contributed by atoms with Crippen LogP contribution in [-0.4, -0.2) is 22.2 Å². The molecule has 0 heterocycles. The molecule has 0 aromatic heterocycles. The lowest BCUT2D eigenvalue weighted by Crippen LogP contribution is -1.97. The highest BCUT2D eigenvalue weighted by Crippen LogP contribution is 2.18. The largest absolute Gasteiger partial charge is 0.478 e. The molecule has 0 aliphatic rings. The van der Waals surface area contributed by atoms with Crippen LogP contribution in [0.5, 0.6) is 0 Å².